The van der Waals surface area contributed by atoms with E-state index in [1.54, 1.807) is 12.3 Å². The summed E-state index contributed by atoms with van der Waals surface area (Å²) in [7, 11) is 0. The highest BCUT2D eigenvalue weighted by Crippen LogP contribution is 2.30. The van der Waals surface area contributed by atoms with Crippen molar-refractivity contribution < 1.29 is 4.79 Å². The van der Waals surface area contributed by atoms with E-state index in [9.17, 15) is 4.79 Å². The Morgan fingerprint density at radius 1 is 1.58 bits per heavy atom. The minimum atomic E-state index is -0.0795. The molecule has 0 aliphatic carbocycles. The summed E-state index contributed by atoms with van der Waals surface area (Å²) in [4.78, 5) is 18.6. The predicted molar refractivity (Wildman–Crippen MR) is 77.8 cm³/mol. The van der Waals surface area contributed by atoms with Gasteiger partial charge in [0.1, 0.15) is 5.82 Å². The Bertz CT molecular complexity index is 488. The minimum Gasteiger partial charge on any atom is -0.369 e. The SMILES string of the molecule is CCNc1ncc(C(=O)N2CCCC2(C)C)cc1Cl. The topological polar surface area (TPSA) is 45.2 Å². The molecule has 0 saturated carbocycles. The number of halogens is 1. The summed E-state index contributed by atoms with van der Waals surface area (Å²) < 4.78 is 0. The molecule has 0 radical (unpaired) electrons. The number of hydrogen-bond donors (Lipinski definition) is 1. The molecule has 1 aliphatic heterocycles. The van der Waals surface area contributed by atoms with E-state index in [1.807, 2.05) is 11.8 Å². The lowest BCUT2D eigenvalue weighted by Crippen LogP contribution is -2.42. The lowest BCUT2D eigenvalue weighted by molar-refractivity contribution is 0.0651. The average molecular weight is 282 g/mol. The van der Waals surface area contributed by atoms with Crippen molar-refractivity contribution in [2.24, 2.45) is 0 Å². The van der Waals surface area contributed by atoms with Gasteiger partial charge in [-0.3, -0.25) is 4.79 Å². The molecule has 104 valence electrons. The van der Waals surface area contributed by atoms with E-state index in [1.165, 1.54) is 0 Å². The number of amides is 1. The molecule has 1 fully saturated rings. The van der Waals surface area contributed by atoms with Crippen LogP contribution in [-0.2, 0) is 0 Å². The van der Waals surface area contributed by atoms with Crippen molar-refractivity contribution in [2.75, 3.05) is 18.4 Å². The van der Waals surface area contributed by atoms with Crippen LogP contribution in [0.1, 0.15) is 44.0 Å². The van der Waals surface area contributed by atoms with E-state index < -0.39 is 0 Å². The van der Waals surface area contributed by atoms with Gasteiger partial charge in [0, 0.05) is 24.8 Å². The normalized spacial score (nSPS) is 17.6. The van der Waals surface area contributed by atoms with Gasteiger partial charge < -0.3 is 10.2 Å². The Kier molecular flexibility index (Phi) is 3.99. The van der Waals surface area contributed by atoms with Crippen LogP contribution >= 0.6 is 11.6 Å². The first-order valence-electron chi connectivity index (χ1n) is 6.67. The summed E-state index contributed by atoms with van der Waals surface area (Å²) in [6, 6.07) is 1.70. The fraction of sp³-hybridized carbons (Fsp3) is 0.571. The maximum absolute atomic E-state index is 12.5. The van der Waals surface area contributed by atoms with Crippen LogP contribution in [0.3, 0.4) is 0 Å². The smallest absolute Gasteiger partial charge is 0.255 e. The first-order valence-corrected chi connectivity index (χ1v) is 7.05. The van der Waals surface area contributed by atoms with Crippen molar-refractivity contribution in [3.05, 3.63) is 22.8 Å². The van der Waals surface area contributed by atoms with E-state index in [0.29, 0.717) is 16.4 Å². The molecule has 0 atom stereocenters. The molecule has 2 rings (SSSR count). The summed E-state index contributed by atoms with van der Waals surface area (Å²) in [6.07, 6.45) is 3.69. The van der Waals surface area contributed by atoms with E-state index in [0.717, 1.165) is 25.9 Å². The maximum atomic E-state index is 12.5. The van der Waals surface area contributed by atoms with Gasteiger partial charge in [0.2, 0.25) is 0 Å². The quantitative estimate of drug-likeness (QED) is 0.925. The molecular formula is C14H20ClN3O. The lowest BCUT2D eigenvalue weighted by Gasteiger charge is -2.31. The van der Waals surface area contributed by atoms with Crippen LogP contribution in [0.5, 0.6) is 0 Å². The highest BCUT2D eigenvalue weighted by Gasteiger charge is 2.35. The molecule has 1 saturated heterocycles. The van der Waals surface area contributed by atoms with Crippen molar-refractivity contribution in [1.29, 1.82) is 0 Å². The number of nitrogens with zero attached hydrogens (tertiary/aromatic N) is 2. The van der Waals surface area contributed by atoms with Gasteiger partial charge in [-0.1, -0.05) is 11.6 Å². The third kappa shape index (κ3) is 2.84. The van der Waals surface area contributed by atoms with Crippen LogP contribution in [0.4, 0.5) is 5.82 Å². The highest BCUT2D eigenvalue weighted by molar-refractivity contribution is 6.33. The highest BCUT2D eigenvalue weighted by atomic mass is 35.5. The summed E-state index contributed by atoms with van der Waals surface area (Å²) in [6.45, 7) is 7.72. The van der Waals surface area contributed by atoms with Gasteiger partial charge in [-0.2, -0.15) is 0 Å². The predicted octanol–water partition coefficient (Wildman–Crippen LogP) is 3.18. The molecule has 1 aliphatic rings. The zero-order valence-electron chi connectivity index (χ0n) is 11.7. The molecule has 1 N–H and O–H groups in total. The Morgan fingerprint density at radius 3 is 2.84 bits per heavy atom. The van der Waals surface area contributed by atoms with Gasteiger partial charge in [0.25, 0.3) is 5.91 Å². The second-order valence-corrected chi connectivity index (χ2v) is 5.86. The lowest BCUT2D eigenvalue weighted by atomic mass is 10.0. The first-order chi connectivity index (χ1) is 8.95. The van der Waals surface area contributed by atoms with Crippen LogP contribution in [0.25, 0.3) is 0 Å². The summed E-state index contributed by atoms with van der Waals surface area (Å²) in [5.41, 5.74) is 0.478. The van der Waals surface area contributed by atoms with Crippen LogP contribution < -0.4 is 5.32 Å². The molecule has 0 bridgehead atoms. The first kappa shape index (κ1) is 14.1. The Labute approximate surface area is 119 Å². The number of likely N-dealkylation sites (tertiary alicyclic amines) is 1. The fourth-order valence-corrected chi connectivity index (χ4v) is 2.73. The molecule has 19 heavy (non-hydrogen) atoms. The van der Waals surface area contributed by atoms with Gasteiger partial charge in [-0.15, -0.1) is 0 Å². The molecule has 2 heterocycles. The molecule has 4 nitrogen and oxygen atoms in total. The number of aromatic nitrogens is 1. The number of pyridine rings is 1. The Balaban J connectivity index is 2.22. The third-order valence-electron chi connectivity index (χ3n) is 3.58. The van der Waals surface area contributed by atoms with Gasteiger partial charge in [-0.05, 0) is 39.7 Å². The molecule has 1 aromatic heterocycles. The molecule has 0 spiro atoms. The van der Waals surface area contributed by atoms with Crippen molar-refractivity contribution in [3.8, 4) is 0 Å². The van der Waals surface area contributed by atoms with Crippen LogP contribution in [0.15, 0.2) is 12.3 Å². The van der Waals surface area contributed by atoms with Crippen molar-refractivity contribution in [1.82, 2.24) is 9.88 Å². The minimum absolute atomic E-state index is 0.0138. The van der Waals surface area contributed by atoms with Gasteiger partial charge >= 0.3 is 0 Å². The summed E-state index contributed by atoms with van der Waals surface area (Å²) >= 11 is 6.13. The molecule has 0 unspecified atom stereocenters. The zero-order chi connectivity index (χ0) is 14.0. The number of rotatable bonds is 3. The molecule has 0 aromatic carbocycles. The maximum Gasteiger partial charge on any atom is 0.255 e. The van der Waals surface area contributed by atoms with Crippen LogP contribution in [0.2, 0.25) is 5.02 Å². The second kappa shape index (κ2) is 5.37. The van der Waals surface area contributed by atoms with E-state index in [4.69, 9.17) is 11.6 Å². The Morgan fingerprint density at radius 2 is 2.32 bits per heavy atom. The largest absolute Gasteiger partial charge is 0.369 e. The number of anilines is 1. The number of carbonyl (C=O) groups is 1. The van der Waals surface area contributed by atoms with Crippen LogP contribution in [-0.4, -0.2) is 34.4 Å². The zero-order valence-corrected chi connectivity index (χ0v) is 12.4. The number of hydrogen-bond acceptors (Lipinski definition) is 3. The standard InChI is InChI=1S/C14H20ClN3O/c1-4-16-12-11(15)8-10(9-17-12)13(19)18-7-5-6-14(18,2)3/h8-9H,4-7H2,1-3H3,(H,16,17). The third-order valence-corrected chi connectivity index (χ3v) is 3.87. The second-order valence-electron chi connectivity index (χ2n) is 5.46. The molecule has 1 amide bonds. The van der Waals surface area contributed by atoms with E-state index in [2.05, 4.69) is 24.1 Å². The monoisotopic (exact) mass is 281 g/mol. The van der Waals surface area contributed by atoms with Crippen LogP contribution in [0, 0.1) is 0 Å². The van der Waals surface area contributed by atoms with Gasteiger partial charge in [0.05, 0.1) is 10.6 Å². The number of nitrogens with one attached hydrogen (secondary N) is 1. The number of carbonyl (C=O) groups excluding carboxylic acids is 1. The van der Waals surface area contributed by atoms with Crippen molar-refractivity contribution in [3.63, 3.8) is 0 Å². The molecular weight excluding hydrogens is 262 g/mol. The molecule has 5 heteroatoms. The van der Waals surface area contributed by atoms with Crippen molar-refractivity contribution in [2.45, 2.75) is 39.2 Å². The Hall–Kier alpha value is -1.29. The van der Waals surface area contributed by atoms with E-state index >= 15 is 0 Å². The van der Waals surface area contributed by atoms with Gasteiger partial charge in [-0.25, -0.2) is 4.98 Å². The average Bonchev–Trinajstić information content (AvgIpc) is 2.71. The summed E-state index contributed by atoms with van der Waals surface area (Å²) in [5.74, 6) is 0.640. The van der Waals surface area contributed by atoms with E-state index in [-0.39, 0.29) is 11.4 Å². The van der Waals surface area contributed by atoms with Gasteiger partial charge in [0.15, 0.2) is 0 Å². The van der Waals surface area contributed by atoms with Crippen molar-refractivity contribution >= 4 is 23.3 Å². The molecule has 1 aromatic rings. The fourth-order valence-electron chi connectivity index (χ4n) is 2.49. The summed E-state index contributed by atoms with van der Waals surface area (Å²) in [5, 5.41) is 3.55.